The number of anilines is 10. The molecule has 0 saturated carbocycles. The number of aromatic nitrogens is 8. The molecule has 0 spiro atoms. The Morgan fingerprint density at radius 2 is 0.688 bits per heavy atom. The second kappa shape index (κ2) is 46.0. The molecule has 8 aromatic heterocycles. The molecule has 12 N–H and O–H groups in total. The number of aromatic amines is 1. The van der Waals surface area contributed by atoms with Crippen molar-refractivity contribution in [1.82, 2.24) is 44.8 Å². The summed E-state index contributed by atoms with van der Waals surface area (Å²) in [5, 5.41) is 39.6. The number of hydrogen-bond acceptors (Lipinski definition) is 15. The highest BCUT2D eigenvalue weighted by Crippen LogP contribution is 2.41. The third-order valence-corrected chi connectivity index (χ3v) is 25.3. The number of nitrogens with zero attached hydrogens (tertiary/aromatic N) is 8. The van der Waals surface area contributed by atoms with Crippen molar-refractivity contribution in [3.05, 3.63) is 418 Å². The lowest BCUT2D eigenvalue weighted by Crippen LogP contribution is -2.43. The van der Waals surface area contributed by atoms with Gasteiger partial charge in [0, 0.05) is 182 Å². The number of nitrogens with two attached hydrogens (primary N) is 1. The van der Waals surface area contributed by atoms with E-state index in [1.807, 2.05) is 237 Å². The fourth-order valence-electron chi connectivity index (χ4n) is 16.3. The summed E-state index contributed by atoms with van der Waals surface area (Å²) in [6, 6.07) is 96.9. The number of nitrogens with one attached hydrogen (secondary N) is 10. The standard InChI is InChI=1S/C25H23ClN6O.C23H19ClN4O.C23H18ClN3O2.C22H16ClN3O.C20H13Cl2N3O/c26-22-7-5-18(15-21(22)24-20-4-2-1-3-17(20)9-10-28-24)30-25(33)31-19-6-8-23(29-16-19)32-13-11-27-12-14-32;1-14-12-16(25)6-9-21(14)28-23(29)27-17-7-8-20(24)19(13-17)22-18-5-3-2-4-15(18)10-11-26-22;1-14(28)16-11-21(27(2)13-16)23(29)26-17-7-8-20(24)19(12-17)22-18-6-4-3-5-15(18)9-10-25-22;23-20-11-10-17(26-22(27)25-16-7-2-1-3-8-16)14-19(20)21-18-9-5-4-6-15(18)12-13-24-21;21-16-6-5-13(25-20(26)19-17(22)8-10-24-19)11-15(16)18-14-4-2-1-3-12(14)7-9-23-18/h1-10,15-16,27H,11-14H2,(H2,30,31,33);2-13H,25H2,1H3,(H2,27,28,29);3-13H,1-2H3,(H,26,29);1-14H,(H2,25,26,27);1-11,24H,(H,25,26). The van der Waals surface area contributed by atoms with Crippen molar-refractivity contribution in [3.63, 3.8) is 0 Å². The van der Waals surface area contributed by atoms with Crippen LogP contribution < -0.4 is 58.5 Å². The zero-order chi connectivity index (χ0) is 100. The Morgan fingerprint density at radius 1 is 0.340 bits per heavy atom. The molecule has 714 valence electrons. The molecule has 1 aliphatic rings. The number of benzene rings is 12. The molecule has 9 heterocycles. The van der Waals surface area contributed by atoms with Crippen LogP contribution in [0.3, 0.4) is 0 Å². The first-order chi connectivity index (χ1) is 69.9. The molecule has 0 radical (unpaired) electrons. The third kappa shape index (κ3) is 24.2. The van der Waals surface area contributed by atoms with Gasteiger partial charge in [-0.3, -0.25) is 39.3 Å². The van der Waals surface area contributed by atoms with Crippen molar-refractivity contribution in [2.75, 3.05) is 79.3 Å². The molecule has 0 bridgehead atoms. The quantitative estimate of drug-likeness (QED) is 0.0298. The molecule has 8 amide bonds. The average molecular weight is 2020 g/mol. The van der Waals surface area contributed by atoms with Crippen molar-refractivity contribution >= 4 is 216 Å². The number of aryl methyl sites for hydroxylation is 2. The van der Waals surface area contributed by atoms with Crippen LogP contribution in [0.2, 0.25) is 30.1 Å². The lowest BCUT2D eigenvalue weighted by molar-refractivity contribution is 0.101. The Hall–Kier alpha value is -16.9. The third-order valence-electron chi connectivity index (χ3n) is 23.3. The normalized spacial score (nSPS) is 11.4. The smallest absolute Gasteiger partial charge is 0.323 e. The number of Topliss-reactive ketones (excluding diaryl/α,β-unsaturated/α-hetero) is 1. The number of ketones is 1. The molecule has 20 aromatic rings. The highest BCUT2D eigenvalue weighted by Gasteiger charge is 2.23. The van der Waals surface area contributed by atoms with E-state index in [2.05, 4.69) is 87.6 Å². The first kappa shape index (κ1) is 98.7. The van der Waals surface area contributed by atoms with Crippen LogP contribution >= 0.6 is 69.6 Å². The highest BCUT2D eigenvalue weighted by molar-refractivity contribution is 6.37. The van der Waals surface area contributed by atoms with Gasteiger partial charge in [-0.25, -0.2) is 19.4 Å². The van der Waals surface area contributed by atoms with E-state index < -0.39 is 0 Å². The van der Waals surface area contributed by atoms with Crippen LogP contribution in [0.15, 0.2) is 365 Å². The molecular weight excluding hydrogens is 1930 g/mol. The summed E-state index contributed by atoms with van der Waals surface area (Å²) < 4.78 is 1.63. The number of urea groups is 3. The van der Waals surface area contributed by atoms with Crippen LogP contribution in [0, 0.1) is 6.92 Å². The van der Waals surface area contributed by atoms with E-state index in [9.17, 15) is 28.8 Å². The molecule has 12 aromatic carbocycles. The average Bonchev–Trinajstić information content (AvgIpc) is 1.23. The Balaban J connectivity index is 0.000000124. The predicted octanol–water partition coefficient (Wildman–Crippen LogP) is 28.4. The van der Waals surface area contributed by atoms with Gasteiger partial charge in [-0.1, -0.05) is 209 Å². The van der Waals surface area contributed by atoms with Gasteiger partial charge in [0.1, 0.15) is 17.2 Å². The van der Waals surface area contributed by atoms with E-state index in [1.165, 1.54) is 6.92 Å². The van der Waals surface area contributed by atoms with Crippen molar-refractivity contribution in [1.29, 1.82) is 0 Å². The Morgan fingerprint density at radius 3 is 1.04 bits per heavy atom. The van der Waals surface area contributed by atoms with Gasteiger partial charge in [-0.2, -0.15) is 0 Å². The number of rotatable bonds is 17. The second-order valence-electron chi connectivity index (χ2n) is 33.1. The highest BCUT2D eigenvalue weighted by atomic mass is 35.5. The lowest BCUT2D eigenvalue weighted by Gasteiger charge is -2.28. The number of fused-ring (bicyclic) bond motifs is 5. The second-order valence-corrected chi connectivity index (χ2v) is 35.5. The summed E-state index contributed by atoms with van der Waals surface area (Å²) in [6.45, 7) is 7.09. The Kier molecular flexibility index (Phi) is 31.6. The first-order valence-electron chi connectivity index (χ1n) is 45.3. The maximum absolute atomic E-state index is 12.7. The van der Waals surface area contributed by atoms with Crippen LogP contribution in [-0.2, 0) is 7.05 Å². The molecule has 1 fully saturated rings. The van der Waals surface area contributed by atoms with Gasteiger partial charge in [0.15, 0.2) is 5.78 Å². The minimum atomic E-state index is -0.356. The zero-order valence-electron chi connectivity index (χ0n) is 77.3. The van der Waals surface area contributed by atoms with E-state index in [0.717, 1.165) is 153 Å². The first-order valence-corrected chi connectivity index (χ1v) is 47.6. The molecule has 0 atom stereocenters. The molecule has 25 nitrogen and oxygen atoms in total. The maximum Gasteiger partial charge on any atom is 0.323 e. The van der Waals surface area contributed by atoms with Gasteiger partial charge in [0.2, 0.25) is 0 Å². The number of para-hydroxylation sites is 1. The summed E-state index contributed by atoms with van der Waals surface area (Å²) in [5.41, 5.74) is 21.2. The Labute approximate surface area is 857 Å². The summed E-state index contributed by atoms with van der Waals surface area (Å²) >= 11 is 38.2. The minimum Gasteiger partial charge on any atom is -0.399 e. The van der Waals surface area contributed by atoms with Crippen LogP contribution in [0.5, 0.6) is 0 Å². The number of pyridine rings is 6. The molecule has 1 saturated heterocycles. The van der Waals surface area contributed by atoms with Crippen LogP contribution in [0.1, 0.15) is 43.8 Å². The van der Waals surface area contributed by atoms with Crippen LogP contribution in [0.25, 0.3) is 110 Å². The van der Waals surface area contributed by atoms with Crippen LogP contribution in [-0.4, -0.2) is 101 Å². The zero-order valence-corrected chi connectivity index (χ0v) is 81.9. The summed E-state index contributed by atoms with van der Waals surface area (Å²) in [4.78, 5) is 106. The molecule has 0 unspecified atom stereocenters. The Bertz CT molecular complexity index is 8190. The number of piperazine rings is 1. The molecule has 31 heteroatoms. The van der Waals surface area contributed by atoms with Gasteiger partial charge in [0.05, 0.1) is 70.5 Å². The number of carbonyl (C=O) groups excluding carboxylic acids is 6. The van der Waals surface area contributed by atoms with Gasteiger partial charge in [-0.05, 0) is 222 Å². The van der Waals surface area contributed by atoms with Crippen LogP contribution in [0.4, 0.5) is 71.4 Å². The van der Waals surface area contributed by atoms with E-state index >= 15 is 0 Å². The number of carbonyl (C=O) groups is 6. The number of halogens is 6. The fourth-order valence-corrected chi connectivity index (χ4v) is 17.5. The minimum absolute atomic E-state index is 0.0875. The van der Waals surface area contributed by atoms with Gasteiger partial charge >= 0.3 is 18.1 Å². The summed E-state index contributed by atoms with van der Waals surface area (Å²) in [6.07, 6.45) is 13.7. The number of amides is 8. The topological polar surface area (TPSA) is 338 Å². The van der Waals surface area contributed by atoms with Crippen molar-refractivity contribution in [2.45, 2.75) is 13.8 Å². The van der Waals surface area contributed by atoms with Crippen molar-refractivity contribution in [3.8, 4) is 56.3 Å². The van der Waals surface area contributed by atoms with Gasteiger partial charge in [0.25, 0.3) is 11.8 Å². The molecule has 1 aliphatic heterocycles. The van der Waals surface area contributed by atoms with Crippen molar-refractivity contribution in [2.24, 2.45) is 7.05 Å². The fraction of sp³-hybridized carbons (Fsp3) is 0.0619. The van der Waals surface area contributed by atoms with Crippen molar-refractivity contribution < 1.29 is 28.8 Å². The molecular formula is C113H89Cl6N19O6. The van der Waals surface area contributed by atoms with E-state index in [4.69, 9.17) is 75.3 Å². The summed E-state index contributed by atoms with van der Waals surface area (Å²) in [5.74, 6) is 0.196. The van der Waals surface area contributed by atoms with E-state index in [-0.39, 0.29) is 35.7 Å². The maximum atomic E-state index is 12.7. The van der Waals surface area contributed by atoms with Gasteiger partial charge < -0.3 is 68.0 Å². The number of hydrogen-bond donors (Lipinski definition) is 11. The lowest BCUT2D eigenvalue weighted by atomic mass is 10.0. The number of nitrogen functional groups attached to an aromatic ring is 1. The molecule has 0 aliphatic carbocycles. The van der Waals surface area contributed by atoms with E-state index in [1.54, 1.807) is 146 Å². The number of H-pyrrole nitrogens is 1. The van der Waals surface area contributed by atoms with E-state index in [0.29, 0.717) is 92.6 Å². The van der Waals surface area contributed by atoms with Gasteiger partial charge in [-0.15, -0.1) is 0 Å². The summed E-state index contributed by atoms with van der Waals surface area (Å²) in [7, 11) is 1.73. The largest absolute Gasteiger partial charge is 0.399 e. The molecule has 144 heavy (non-hydrogen) atoms. The SMILES string of the molecule is CC(=O)c1cc(C(=O)Nc2ccc(Cl)c(-c3nccc4ccccc34)c2)n(C)c1.Cc1cc(N)ccc1NC(=O)Nc1ccc(Cl)c(-c2nccc3ccccc23)c1.O=C(Nc1ccc(Cl)c(-c2nccc3ccccc23)c1)c1[nH]ccc1Cl.O=C(Nc1ccc(N2CCNCC2)nc1)Nc1ccc(Cl)c(-c2nccc3ccccc23)c1.O=C(Nc1ccccc1)Nc1ccc(Cl)c(-c2nccc3ccccc23)c1. The molecule has 21 rings (SSSR count). The monoisotopic (exact) mass is 2020 g/mol. The predicted molar refractivity (Wildman–Crippen MR) is 587 cm³/mol.